The van der Waals surface area contributed by atoms with Crippen LogP contribution in [0.3, 0.4) is 0 Å². The minimum Gasteiger partial charge on any atom is -0.481 e. The molecule has 0 aromatic carbocycles. The molecule has 122 valence electrons. The molecule has 0 bridgehead atoms. The molecule has 1 aliphatic carbocycles. The second kappa shape index (κ2) is 9.80. The average molecular weight is 298 g/mol. The summed E-state index contributed by atoms with van der Waals surface area (Å²) in [7, 11) is 0. The molecule has 0 aliphatic heterocycles. The van der Waals surface area contributed by atoms with Crippen LogP contribution in [0.1, 0.15) is 89.9 Å². The fourth-order valence-electron chi connectivity index (χ4n) is 3.42. The average Bonchev–Trinajstić information content (AvgIpc) is 2.46. The predicted molar refractivity (Wildman–Crippen MR) is 82.3 cm³/mol. The highest BCUT2D eigenvalue weighted by Gasteiger charge is 2.38. The lowest BCUT2D eigenvalue weighted by Gasteiger charge is -2.33. The van der Waals surface area contributed by atoms with Crippen molar-refractivity contribution in [3.8, 4) is 0 Å². The van der Waals surface area contributed by atoms with Gasteiger partial charge >= 0.3 is 11.9 Å². The number of rotatable bonds is 11. The van der Waals surface area contributed by atoms with Gasteiger partial charge in [0.25, 0.3) is 0 Å². The van der Waals surface area contributed by atoms with Crippen molar-refractivity contribution in [2.75, 3.05) is 0 Å². The van der Waals surface area contributed by atoms with Crippen molar-refractivity contribution in [2.45, 2.75) is 89.9 Å². The Bertz CT molecular complexity index is 319. The number of carboxylic acid groups (broad SMARTS) is 2. The zero-order valence-electron chi connectivity index (χ0n) is 13.1. The number of aliphatic carboxylic acids is 2. The maximum absolute atomic E-state index is 11.5. The SMILES string of the molecule is O=C(O)CCCCCCCCCC1(C(=O)O)CCCCC1. The van der Waals surface area contributed by atoms with Gasteiger partial charge in [0.05, 0.1) is 5.41 Å². The van der Waals surface area contributed by atoms with Crippen LogP contribution in [0, 0.1) is 5.41 Å². The van der Waals surface area contributed by atoms with Gasteiger partial charge in [0.1, 0.15) is 0 Å². The van der Waals surface area contributed by atoms with Gasteiger partial charge < -0.3 is 10.2 Å². The van der Waals surface area contributed by atoms with Crippen LogP contribution in [0.2, 0.25) is 0 Å². The summed E-state index contributed by atoms with van der Waals surface area (Å²) in [6.07, 6.45) is 13.4. The molecule has 21 heavy (non-hydrogen) atoms. The summed E-state index contributed by atoms with van der Waals surface area (Å²) < 4.78 is 0. The summed E-state index contributed by atoms with van der Waals surface area (Å²) in [5.74, 6) is -1.29. The number of carboxylic acids is 2. The van der Waals surface area contributed by atoms with E-state index in [1.807, 2.05) is 0 Å². The molecular formula is C17H30O4. The Morgan fingerprint density at radius 2 is 1.29 bits per heavy atom. The van der Waals surface area contributed by atoms with Crippen molar-refractivity contribution in [1.29, 1.82) is 0 Å². The van der Waals surface area contributed by atoms with E-state index in [4.69, 9.17) is 5.11 Å². The molecule has 2 N–H and O–H groups in total. The summed E-state index contributed by atoms with van der Waals surface area (Å²) in [4.78, 5) is 21.9. The third-order valence-electron chi connectivity index (χ3n) is 4.81. The monoisotopic (exact) mass is 298 g/mol. The van der Waals surface area contributed by atoms with Crippen LogP contribution in [-0.4, -0.2) is 22.2 Å². The van der Waals surface area contributed by atoms with Crippen molar-refractivity contribution in [1.82, 2.24) is 0 Å². The van der Waals surface area contributed by atoms with Gasteiger partial charge in [-0.1, -0.05) is 57.8 Å². The smallest absolute Gasteiger partial charge is 0.309 e. The van der Waals surface area contributed by atoms with E-state index in [1.165, 1.54) is 6.42 Å². The van der Waals surface area contributed by atoms with Crippen molar-refractivity contribution in [2.24, 2.45) is 5.41 Å². The predicted octanol–water partition coefficient (Wildman–Crippen LogP) is 4.62. The third kappa shape index (κ3) is 6.96. The largest absolute Gasteiger partial charge is 0.481 e. The molecule has 1 rings (SSSR count). The lowest BCUT2D eigenvalue weighted by Crippen LogP contribution is -2.33. The second-order valence-electron chi connectivity index (χ2n) is 6.51. The van der Waals surface area contributed by atoms with Crippen LogP contribution >= 0.6 is 0 Å². The standard InChI is InChI=1S/C17H30O4/c18-15(19)11-7-4-2-1-3-5-8-12-17(16(20)21)13-9-6-10-14-17/h1-14H2,(H,18,19)(H,20,21). The molecule has 0 amide bonds. The third-order valence-corrected chi connectivity index (χ3v) is 4.81. The van der Waals surface area contributed by atoms with E-state index in [0.717, 1.165) is 77.0 Å². The van der Waals surface area contributed by atoms with Gasteiger partial charge in [0, 0.05) is 6.42 Å². The highest BCUT2D eigenvalue weighted by atomic mass is 16.4. The van der Waals surface area contributed by atoms with Gasteiger partial charge in [-0.15, -0.1) is 0 Å². The highest BCUT2D eigenvalue weighted by molar-refractivity contribution is 5.74. The first kappa shape index (κ1) is 18.0. The topological polar surface area (TPSA) is 74.6 Å². The lowest BCUT2D eigenvalue weighted by atomic mass is 9.71. The molecule has 0 heterocycles. The summed E-state index contributed by atoms with van der Waals surface area (Å²) >= 11 is 0. The Balaban J connectivity index is 2.04. The van der Waals surface area contributed by atoms with Crippen LogP contribution in [0.15, 0.2) is 0 Å². The molecule has 0 radical (unpaired) electrons. The minimum atomic E-state index is -0.707. The number of hydrogen-bond acceptors (Lipinski definition) is 2. The van der Waals surface area contributed by atoms with Crippen molar-refractivity contribution in [3.05, 3.63) is 0 Å². The van der Waals surface area contributed by atoms with E-state index in [1.54, 1.807) is 0 Å². The number of unbranched alkanes of at least 4 members (excludes halogenated alkanes) is 6. The first-order chi connectivity index (χ1) is 10.1. The Morgan fingerprint density at radius 3 is 1.81 bits per heavy atom. The molecule has 0 unspecified atom stereocenters. The maximum Gasteiger partial charge on any atom is 0.309 e. The van der Waals surface area contributed by atoms with Crippen molar-refractivity contribution < 1.29 is 19.8 Å². The van der Waals surface area contributed by atoms with Crippen molar-refractivity contribution in [3.63, 3.8) is 0 Å². The fourth-order valence-corrected chi connectivity index (χ4v) is 3.42. The van der Waals surface area contributed by atoms with Crippen LogP contribution < -0.4 is 0 Å². The zero-order valence-corrected chi connectivity index (χ0v) is 13.1. The Hall–Kier alpha value is -1.06. The molecule has 1 fully saturated rings. The summed E-state index contributed by atoms with van der Waals surface area (Å²) in [6, 6.07) is 0. The van der Waals surface area contributed by atoms with Crippen molar-refractivity contribution >= 4 is 11.9 Å². The first-order valence-electron chi connectivity index (χ1n) is 8.52. The Labute approximate surface area is 127 Å². The summed E-state index contributed by atoms with van der Waals surface area (Å²) in [5.41, 5.74) is -0.431. The number of hydrogen-bond donors (Lipinski definition) is 2. The van der Waals surface area contributed by atoms with Crippen LogP contribution in [-0.2, 0) is 9.59 Å². The highest BCUT2D eigenvalue weighted by Crippen LogP contribution is 2.40. The van der Waals surface area contributed by atoms with Gasteiger partial charge in [-0.25, -0.2) is 0 Å². The van der Waals surface area contributed by atoms with E-state index >= 15 is 0 Å². The molecule has 1 saturated carbocycles. The van der Waals surface area contributed by atoms with Crippen LogP contribution in [0.25, 0.3) is 0 Å². The minimum absolute atomic E-state index is 0.279. The summed E-state index contributed by atoms with van der Waals surface area (Å²) in [5, 5.41) is 18.0. The van der Waals surface area contributed by atoms with Gasteiger partial charge in [-0.05, 0) is 25.7 Å². The van der Waals surface area contributed by atoms with Gasteiger partial charge in [0.2, 0.25) is 0 Å². The fraction of sp³-hybridized carbons (Fsp3) is 0.882. The van der Waals surface area contributed by atoms with E-state index < -0.39 is 17.4 Å². The Kier molecular flexibility index (Phi) is 8.40. The quantitative estimate of drug-likeness (QED) is 0.546. The molecule has 4 heteroatoms. The molecule has 0 aromatic heterocycles. The molecule has 4 nitrogen and oxygen atoms in total. The molecule has 0 aromatic rings. The normalized spacial score (nSPS) is 17.5. The van der Waals surface area contributed by atoms with Gasteiger partial charge in [-0.2, -0.15) is 0 Å². The van der Waals surface area contributed by atoms with E-state index in [-0.39, 0.29) is 6.42 Å². The van der Waals surface area contributed by atoms with Gasteiger partial charge in [-0.3, -0.25) is 9.59 Å². The molecular weight excluding hydrogens is 268 g/mol. The molecule has 0 atom stereocenters. The van der Waals surface area contributed by atoms with Gasteiger partial charge in [0.15, 0.2) is 0 Å². The summed E-state index contributed by atoms with van der Waals surface area (Å²) in [6.45, 7) is 0. The van der Waals surface area contributed by atoms with E-state index in [0.29, 0.717) is 0 Å². The maximum atomic E-state index is 11.5. The zero-order chi connectivity index (χ0) is 15.6. The van der Waals surface area contributed by atoms with Crippen LogP contribution in [0.5, 0.6) is 0 Å². The second-order valence-corrected chi connectivity index (χ2v) is 6.51. The number of carbonyl (C=O) groups is 2. The first-order valence-corrected chi connectivity index (χ1v) is 8.52. The molecule has 0 saturated heterocycles. The Morgan fingerprint density at radius 1 is 0.762 bits per heavy atom. The lowest BCUT2D eigenvalue weighted by molar-refractivity contribution is -0.151. The molecule has 0 spiro atoms. The van der Waals surface area contributed by atoms with E-state index in [2.05, 4.69) is 0 Å². The van der Waals surface area contributed by atoms with E-state index in [9.17, 15) is 14.7 Å². The van der Waals surface area contributed by atoms with Crippen LogP contribution in [0.4, 0.5) is 0 Å². The molecule has 1 aliphatic rings.